The molecule has 2 atom stereocenters. The highest BCUT2D eigenvalue weighted by atomic mass is 127. The molecule has 0 bridgehead atoms. The van der Waals surface area contributed by atoms with Crippen molar-refractivity contribution in [1.82, 2.24) is 15.6 Å². The lowest BCUT2D eigenvalue weighted by Gasteiger charge is -2.32. The first-order valence-electron chi connectivity index (χ1n) is 8.53. The lowest BCUT2D eigenvalue weighted by Crippen LogP contribution is -2.46. The van der Waals surface area contributed by atoms with E-state index in [9.17, 15) is 0 Å². The van der Waals surface area contributed by atoms with Crippen molar-refractivity contribution in [3.8, 4) is 0 Å². The number of nitrogens with one attached hydrogen (secondary N) is 2. The Kier molecular flexibility index (Phi) is 8.87. The third-order valence-electron chi connectivity index (χ3n) is 4.37. The van der Waals surface area contributed by atoms with Crippen molar-refractivity contribution in [2.45, 2.75) is 59.5 Å². The van der Waals surface area contributed by atoms with Crippen LogP contribution in [0.25, 0.3) is 0 Å². The van der Waals surface area contributed by atoms with Crippen LogP contribution in [-0.4, -0.2) is 23.5 Å². The predicted octanol–water partition coefficient (Wildman–Crippen LogP) is 3.89. The predicted molar refractivity (Wildman–Crippen MR) is 108 cm³/mol. The molecule has 0 aromatic carbocycles. The van der Waals surface area contributed by atoms with E-state index in [2.05, 4.69) is 49.4 Å². The van der Waals surface area contributed by atoms with Gasteiger partial charge in [-0.15, -0.1) is 24.0 Å². The number of hydrogen-bond acceptors (Lipinski definition) is 2. The SMILES string of the molecule is CCNC(=NCc1ncccc1C)NC1CC(C)CC(C)C1.I. The molecule has 1 aromatic rings. The number of aryl methyl sites for hydroxylation is 1. The van der Waals surface area contributed by atoms with E-state index in [0.29, 0.717) is 12.6 Å². The minimum atomic E-state index is 0. The molecular formula is C18H31IN4. The third-order valence-corrected chi connectivity index (χ3v) is 4.37. The van der Waals surface area contributed by atoms with Crippen LogP contribution in [0.4, 0.5) is 0 Å². The van der Waals surface area contributed by atoms with E-state index >= 15 is 0 Å². The lowest BCUT2D eigenvalue weighted by atomic mass is 9.80. The summed E-state index contributed by atoms with van der Waals surface area (Å²) in [6.07, 6.45) is 5.65. The van der Waals surface area contributed by atoms with Crippen molar-refractivity contribution in [3.05, 3.63) is 29.6 Å². The Labute approximate surface area is 158 Å². The maximum atomic E-state index is 4.72. The Morgan fingerprint density at radius 2 is 1.96 bits per heavy atom. The van der Waals surface area contributed by atoms with Crippen molar-refractivity contribution in [2.24, 2.45) is 16.8 Å². The number of guanidine groups is 1. The minimum absolute atomic E-state index is 0. The van der Waals surface area contributed by atoms with Gasteiger partial charge in [0.25, 0.3) is 0 Å². The van der Waals surface area contributed by atoms with E-state index in [4.69, 9.17) is 4.99 Å². The third kappa shape index (κ3) is 6.65. The number of halogens is 1. The molecule has 1 heterocycles. The summed E-state index contributed by atoms with van der Waals surface area (Å²) in [5, 5.41) is 6.98. The van der Waals surface area contributed by atoms with Crippen LogP contribution in [0.3, 0.4) is 0 Å². The molecule has 0 aliphatic heterocycles. The molecule has 0 radical (unpaired) electrons. The van der Waals surface area contributed by atoms with Crippen LogP contribution in [0.15, 0.2) is 23.3 Å². The first-order valence-corrected chi connectivity index (χ1v) is 8.53. The molecule has 5 heteroatoms. The number of aliphatic imine (C=N–C) groups is 1. The maximum Gasteiger partial charge on any atom is 0.191 e. The Morgan fingerprint density at radius 1 is 1.26 bits per heavy atom. The average molecular weight is 430 g/mol. The summed E-state index contributed by atoms with van der Waals surface area (Å²) in [4.78, 5) is 9.14. The first kappa shape index (κ1) is 20.2. The van der Waals surface area contributed by atoms with E-state index in [0.717, 1.165) is 30.0 Å². The normalized spacial score (nSPS) is 24.7. The van der Waals surface area contributed by atoms with Gasteiger partial charge >= 0.3 is 0 Å². The summed E-state index contributed by atoms with van der Waals surface area (Å²) in [6.45, 7) is 10.4. The molecule has 1 aliphatic rings. The number of rotatable bonds is 4. The highest BCUT2D eigenvalue weighted by Gasteiger charge is 2.24. The minimum Gasteiger partial charge on any atom is -0.357 e. The van der Waals surface area contributed by atoms with Gasteiger partial charge in [-0.05, 0) is 56.6 Å². The quantitative estimate of drug-likeness (QED) is 0.433. The summed E-state index contributed by atoms with van der Waals surface area (Å²) in [7, 11) is 0. The second kappa shape index (κ2) is 10.1. The van der Waals surface area contributed by atoms with Gasteiger partial charge in [0.05, 0.1) is 12.2 Å². The number of hydrogen-bond donors (Lipinski definition) is 2. The molecule has 2 N–H and O–H groups in total. The van der Waals surface area contributed by atoms with Crippen LogP contribution >= 0.6 is 24.0 Å². The zero-order chi connectivity index (χ0) is 15.9. The summed E-state index contributed by atoms with van der Waals surface area (Å²) < 4.78 is 0. The maximum absolute atomic E-state index is 4.72. The van der Waals surface area contributed by atoms with Crippen molar-refractivity contribution >= 4 is 29.9 Å². The Bertz CT molecular complexity index is 494. The topological polar surface area (TPSA) is 49.3 Å². The summed E-state index contributed by atoms with van der Waals surface area (Å²) in [5.41, 5.74) is 2.24. The van der Waals surface area contributed by atoms with Gasteiger partial charge in [-0.3, -0.25) is 4.98 Å². The molecular weight excluding hydrogens is 399 g/mol. The summed E-state index contributed by atoms with van der Waals surface area (Å²) in [5.74, 6) is 2.50. The standard InChI is InChI=1S/C18H30N4.HI/c1-5-19-18(21-12-17-15(4)7-6-8-20-17)22-16-10-13(2)9-14(3)11-16;/h6-8,13-14,16H,5,9-12H2,1-4H3,(H2,19,21,22);1H. The van der Waals surface area contributed by atoms with Gasteiger partial charge in [-0.1, -0.05) is 19.9 Å². The fourth-order valence-corrected chi connectivity index (χ4v) is 3.42. The second-order valence-electron chi connectivity index (χ2n) is 6.72. The molecule has 130 valence electrons. The fraction of sp³-hybridized carbons (Fsp3) is 0.667. The van der Waals surface area contributed by atoms with Gasteiger partial charge in [0.2, 0.25) is 0 Å². The molecule has 0 amide bonds. The van der Waals surface area contributed by atoms with Gasteiger partial charge < -0.3 is 10.6 Å². The lowest BCUT2D eigenvalue weighted by molar-refractivity contribution is 0.255. The molecule has 1 aromatic heterocycles. The van der Waals surface area contributed by atoms with Crippen LogP contribution in [-0.2, 0) is 6.54 Å². The molecule has 2 unspecified atom stereocenters. The van der Waals surface area contributed by atoms with Crippen LogP contribution in [0, 0.1) is 18.8 Å². The van der Waals surface area contributed by atoms with Gasteiger partial charge in [0.1, 0.15) is 0 Å². The fourth-order valence-electron chi connectivity index (χ4n) is 3.42. The molecule has 2 rings (SSSR count). The Hall–Kier alpha value is -0.850. The monoisotopic (exact) mass is 430 g/mol. The summed E-state index contributed by atoms with van der Waals surface area (Å²) >= 11 is 0. The van der Waals surface area contributed by atoms with Crippen molar-refractivity contribution < 1.29 is 0 Å². The zero-order valence-electron chi connectivity index (χ0n) is 14.8. The van der Waals surface area contributed by atoms with E-state index in [1.807, 2.05) is 12.3 Å². The van der Waals surface area contributed by atoms with Gasteiger partial charge in [-0.2, -0.15) is 0 Å². The smallest absolute Gasteiger partial charge is 0.191 e. The van der Waals surface area contributed by atoms with Crippen LogP contribution in [0.1, 0.15) is 51.3 Å². The van der Waals surface area contributed by atoms with Crippen LogP contribution in [0.5, 0.6) is 0 Å². The molecule has 0 spiro atoms. The summed E-state index contributed by atoms with van der Waals surface area (Å²) in [6, 6.07) is 4.58. The number of nitrogens with zero attached hydrogens (tertiary/aromatic N) is 2. The molecule has 23 heavy (non-hydrogen) atoms. The Balaban J connectivity index is 0.00000264. The van der Waals surface area contributed by atoms with Gasteiger partial charge in [0, 0.05) is 18.8 Å². The van der Waals surface area contributed by atoms with Crippen molar-refractivity contribution in [3.63, 3.8) is 0 Å². The number of aromatic nitrogens is 1. The van der Waals surface area contributed by atoms with Crippen molar-refractivity contribution in [1.29, 1.82) is 0 Å². The molecule has 1 fully saturated rings. The molecule has 0 saturated heterocycles. The second-order valence-corrected chi connectivity index (χ2v) is 6.72. The highest BCUT2D eigenvalue weighted by molar-refractivity contribution is 14.0. The first-order chi connectivity index (χ1) is 10.6. The van der Waals surface area contributed by atoms with E-state index in [1.165, 1.54) is 24.8 Å². The molecule has 1 saturated carbocycles. The number of pyridine rings is 1. The van der Waals surface area contributed by atoms with Crippen LogP contribution < -0.4 is 10.6 Å². The largest absolute Gasteiger partial charge is 0.357 e. The van der Waals surface area contributed by atoms with E-state index in [-0.39, 0.29) is 24.0 Å². The Morgan fingerprint density at radius 3 is 2.57 bits per heavy atom. The van der Waals surface area contributed by atoms with E-state index in [1.54, 1.807) is 0 Å². The molecule has 1 aliphatic carbocycles. The van der Waals surface area contributed by atoms with Crippen molar-refractivity contribution in [2.75, 3.05) is 6.54 Å². The zero-order valence-corrected chi connectivity index (χ0v) is 17.1. The van der Waals surface area contributed by atoms with Crippen LogP contribution in [0.2, 0.25) is 0 Å². The van der Waals surface area contributed by atoms with Gasteiger partial charge in [0.15, 0.2) is 5.96 Å². The highest BCUT2D eigenvalue weighted by Crippen LogP contribution is 2.28. The molecule has 4 nitrogen and oxygen atoms in total. The average Bonchev–Trinajstić information content (AvgIpc) is 2.45. The van der Waals surface area contributed by atoms with Gasteiger partial charge in [-0.25, -0.2) is 4.99 Å². The van der Waals surface area contributed by atoms with E-state index < -0.39 is 0 Å².